The molecule has 0 amide bonds. The molecule has 5 nitrogen and oxygen atoms in total. The third-order valence-electron chi connectivity index (χ3n) is 5.11. The van der Waals surface area contributed by atoms with Crippen LogP contribution in [0.3, 0.4) is 0 Å². The van der Waals surface area contributed by atoms with Crippen molar-refractivity contribution < 1.29 is 9.79 Å². The summed E-state index contributed by atoms with van der Waals surface area (Å²) < 4.78 is 1.12. The molecule has 140 valence electrons. The molecular weight excluding hydrogens is 392 g/mol. The van der Waals surface area contributed by atoms with E-state index >= 15 is 0 Å². The van der Waals surface area contributed by atoms with E-state index in [1.54, 1.807) is 11.3 Å². The van der Waals surface area contributed by atoms with Crippen LogP contribution in [0.1, 0.15) is 24.4 Å². The summed E-state index contributed by atoms with van der Waals surface area (Å²) in [7, 11) is 0. The van der Waals surface area contributed by atoms with Gasteiger partial charge in [-0.3, -0.25) is 9.79 Å². The number of nitrogens with zero attached hydrogens (tertiary/aromatic N) is 1. The molecule has 0 spiro atoms. The Bertz CT molecular complexity index is 1100. The Morgan fingerprint density at radius 3 is 2.86 bits per heavy atom. The summed E-state index contributed by atoms with van der Waals surface area (Å²) in [5, 5.41) is 8.14. The van der Waals surface area contributed by atoms with Crippen LogP contribution in [0.25, 0.3) is 10.2 Å². The van der Waals surface area contributed by atoms with Gasteiger partial charge >= 0.3 is 5.96 Å². The molecule has 0 fully saturated rings. The number of aromatic nitrogens is 1. The van der Waals surface area contributed by atoms with Crippen LogP contribution >= 0.6 is 22.9 Å². The first kappa shape index (κ1) is 17.4. The van der Waals surface area contributed by atoms with Crippen molar-refractivity contribution in [3.63, 3.8) is 0 Å². The number of para-hydroxylation sites is 1. The van der Waals surface area contributed by atoms with Gasteiger partial charge < -0.3 is 0 Å². The van der Waals surface area contributed by atoms with Crippen LogP contribution in [0.2, 0.25) is 5.02 Å². The van der Waals surface area contributed by atoms with Crippen molar-refractivity contribution in [1.82, 2.24) is 10.3 Å². The van der Waals surface area contributed by atoms with Gasteiger partial charge in [0.25, 0.3) is 5.13 Å². The van der Waals surface area contributed by atoms with Crippen LogP contribution in [0.15, 0.2) is 60.3 Å². The first-order valence-corrected chi connectivity index (χ1v) is 10.4. The number of anilines is 1. The minimum atomic E-state index is -0.269. The minimum absolute atomic E-state index is 0.224. The molecule has 5 rings (SSSR count). The molecule has 7 heteroatoms. The van der Waals surface area contributed by atoms with Crippen molar-refractivity contribution in [1.29, 1.82) is 0 Å². The molecule has 1 aromatic heterocycles. The maximum absolute atomic E-state index is 12.7. The third-order valence-corrected chi connectivity index (χ3v) is 6.40. The summed E-state index contributed by atoms with van der Waals surface area (Å²) in [6, 6.07) is 15.5. The summed E-state index contributed by atoms with van der Waals surface area (Å²) >= 11 is 8.05. The first-order valence-electron chi connectivity index (χ1n) is 9.19. The largest absolute Gasteiger partial charge is 0.355 e. The number of thiazole rings is 1. The lowest BCUT2D eigenvalue weighted by Crippen LogP contribution is -2.84. The van der Waals surface area contributed by atoms with Gasteiger partial charge in [0.2, 0.25) is 0 Å². The number of ketones is 1. The molecule has 1 aliphatic heterocycles. The van der Waals surface area contributed by atoms with Gasteiger partial charge in [-0.2, -0.15) is 0 Å². The minimum Gasteiger partial charge on any atom is -0.299 e. The van der Waals surface area contributed by atoms with Crippen molar-refractivity contribution in [2.75, 3.05) is 5.32 Å². The molecule has 0 saturated carbocycles. The lowest BCUT2D eigenvalue weighted by molar-refractivity contribution is -0.522. The Kier molecular flexibility index (Phi) is 4.37. The van der Waals surface area contributed by atoms with Gasteiger partial charge in [0, 0.05) is 17.0 Å². The van der Waals surface area contributed by atoms with E-state index in [9.17, 15) is 4.79 Å². The highest BCUT2D eigenvalue weighted by atomic mass is 35.5. The number of carbonyl (C=O) groups is 1. The van der Waals surface area contributed by atoms with Gasteiger partial charge in [-0.25, -0.2) is 15.6 Å². The molecule has 2 unspecified atom stereocenters. The predicted molar refractivity (Wildman–Crippen MR) is 112 cm³/mol. The Morgan fingerprint density at radius 2 is 2.00 bits per heavy atom. The van der Waals surface area contributed by atoms with Gasteiger partial charge in [0.15, 0.2) is 0 Å². The molecule has 2 aliphatic rings. The molecule has 2 heterocycles. The fourth-order valence-electron chi connectivity index (χ4n) is 3.82. The van der Waals surface area contributed by atoms with Gasteiger partial charge in [-0.05, 0) is 30.7 Å². The predicted octanol–water partition coefficient (Wildman–Crippen LogP) is 3.01. The summed E-state index contributed by atoms with van der Waals surface area (Å²) in [6.07, 6.45) is 3.41. The van der Waals surface area contributed by atoms with Crippen molar-refractivity contribution >= 4 is 50.0 Å². The van der Waals surface area contributed by atoms with E-state index in [2.05, 4.69) is 32.8 Å². The average Bonchev–Trinajstić information content (AvgIpc) is 3.10. The Labute approximate surface area is 171 Å². The molecule has 3 aromatic rings. The highest BCUT2D eigenvalue weighted by Crippen LogP contribution is 2.34. The SMILES string of the molecule is O=C1CCC=C2NC(Nc3nc4ccccc4s3)=[NH+]C(c3ccccc3Cl)C12. The van der Waals surface area contributed by atoms with Crippen LogP contribution in [-0.2, 0) is 4.79 Å². The van der Waals surface area contributed by atoms with Crippen molar-refractivity contribution in [2.24, 2.45) is 5.92 Å². The zero-order valence-electron chi connectivity index (χ0n) is 14.9. The highest BCUT2D eigenvalue weighted by molar-refractivity contribution is 7.22. The number of nitrogens with one attached hydrogen (secondary N) is 3. The van der Waals surface area contributed by atoms with E-state index in [0.29, 0.717) is 17.4 Å². The second-order valence-corrected chi connectivity index (χ2v) is 8.34. The number of halogens is 1. The Morgan fingerprint density at radius 1 is 1.18 bits per heavy atom. The smallest absolute Gasteiger partial charge is 0.299 e. The van der Waals surface area contributed by atoms with Crippen LogP contribution in [0.5, 0.6) is 0 Å². The zero-order chi connectivity index (χ0) is 19.1. The zero-order valence-corrected chi connectivity index (χ0v) is 16.5. The summed E-state index contributed by atoms with van der Waals surface area (Å²) in [5.41, 5.74) is 2.79. The maximum atomic E-state index is 12.7. The van der Waals surface area contributed by atoms with E-state index in [0.717, 1.165) is 33.0 Å². The Hall–Kier alpha value is -2.70. The molecule has 0 bridgehead atoms. The van der Waals surface area contributed by atoms with Crippen LogP contribution in [-0.4, -0.2) is 16.7 Å². The average molecular weight is 410 g/mol. The van der Waals surface area contributed by atoms with E-state index in [1.807, 2.05) is 42.5 Å². The van der Waals surface area contributed by atoms with Crippen LogP contribution < -0.4 is 15.6 Å². The van der Waals surface area contributed by atoms with Gasteiger partial charge in [-0.15, -0.1) is 0 Å². The number of guanidine groups is 1. The number of rotatable bonds is 2. The second kappa shape index (κ2) is 7.04. The number of allylic oxidation sites excluding steroid dienone is 1. The summed E-state index contributed by atoms with van der Waals surface area (Å²) in [5.74, 6) is 0.664. The number of fused-ring (bicyclic) bond motifs is 2. The normalized spacial score (nSPS) is 21.5. The molecule has 0 saturated heterocycles. The molecule has 2 atom stereocenters. The number of benzene rings is 2. The van der Waals surface area contributed by atoms with Gasteiger partial charge in [0.1, 0.15) is 17.7 Å². The second-order valence-electron chi connectivity index (χ2n) is 6.90. The molecule has 3 N–H and O–H groups in total. The van der Waals surface area contributed by atoms with Crippen LogP contribution in [0, 0.1) is 5.92 Å². The fraction of sp³-hybridized carbons (Fsp3) is 0.190. The first-order chi connectivity index (χ1) is 13.7. The highest BCUT2D eigenvalue weighted by Gasteiger charge is 2.42. The lowest BCUT2D eigenvalue weighted by atomic mass is 9.81. The summed E-state index contributed by atoms with van der Waals surface area (Å²) in [6.45, 7) is 0. The number of carbonyl (C=O) groups excluding carboxylic acids is 1. The third kappa shape index (κ3) is 3.08. The molecule has 28 heavy (non-hydrogen) atoms. The lowest BCUT2D eigenvalue weighted by Gasteiger charge is -2.31. The summed E-state index contributed by atoms with van der Waals surface area (Å²) in [4.78, 5) is 20.8. The number of hydrogen-bond donors (Lipinski definition) is 3. The van der Waals surface area contributed by atoms with Crippen molar-refractivity contribution in [3.8, 4) is 0 Å². The molecular formula is C21H18ClN4OS+. The Balaban J connectivity index is 1.55. The number of hydrogen-bond acceptors (Lipinski definition) is 5. The van der Waals surface area contributed by atoms with E-state index in [1.165, 1.54) is 0 Å². The molecule has 1 aliphatic carbocycles. The van der Waals surface area contributed by atoms with E-state index < -0.39 is 0 Å². The van der Waals surface area contributed by atoms with Gasteiger partial charge in [0.05, 0.1) is 15.9 Å². The van der Waals surface area contributed by atoms with E-state index in [4.69, 9.17) is 11.6 Å². The van der Waals surface area contributed by atoms with Crippen LogP contribution in [0.4, 0.5) is 5.13 Å². The molecule has 2 aromatic carbocycles. The maximum Gasteiger partial charge on any atom is 0.355 e. The quantitative estimate of drug-likeness (QED) is 0.608. The molecule has 0 radical (unpaired) electrons. The van der Waals surface area contributed by atoms with E-state index in [-0.39, 0.29) is 17.7 Å². The van der Waals surface area contributed by atoms with Crippen molar-refractivity contribution in [3.05, 3.63) is 70.9 Å². The van der Waals surface area contributed by atoms with Gasteiger partial charge in [-0.1, -0.05) is 53.3 Å². The monoisotopic (exact) mass is 409 g/mol. The standard InChI is InChI=1S/C21H17ClN4OS/c22-13-7-2-1-6-12(13)19-18-15(9-5-10-16(18)27)23-20(25-19)26-21-24-14-8-3-4-11-17(14)28-21/h1-4,6-9,11,18-19H,5,10H2,(H2,23,24,25,26)/p+1. The number of Topliss-reactive ketones (excluding diaryl/α,β-unsaturated/α-hetero) is 1. The topological polar surface area (TPSA) is 68.0 Å². The fourth-order valence-corrected chi connectivity index (χ4v) is 4.95. The van der Waals surface area contributed by atoms with Crippen molar-refractivity contribution in [2.45, 2.75) is 18.9 Å².